The molecule has 0 amide bonds. The monoisotopic (exact) mass is 203 g/mol. The Hall–Kier alpha value is 0.610. The molecule has 0 saturated carbocycles. The normalized spacial score (nSPS) is 15.9. The Labute approximate surface area is 95.3 Å². The zero-order valence-corrected chi connectivity index (χ0v) is 7.26. The van der Waals surface area contributed by atoms with Gasteiger partial charge in [-0.2, -0.15) is 8.42 Å². The molecule has 0 radical (unpaired) electrons. The van der Waals surface area contributed by atoms with Crippen LogP contribution in [-0.2, 0) is 10.1 Å². The van der Waals surface area contributed by atoms with Gasteiger partial charge in [0.1, 0.15) is 4.75 Å². The Balaban J connectivity index is 0. The Bertz CT molecular complexity index is 239. The van der Waals surface area contributed by atoms with Crippen molar-refractivity contribution in [1.29, 1.82) is 0 Å². The van der Waals surface area contributed by atoms with E-state index in [1.807, 2.05) is 0 Å². The second-order valence-electron chi connectivity index (χ2n) is 2.62. The van der Waals surface area contributed by atoms with Crippen LogP contribution >= 0.6 is 0 Å². The number of hydrogen-bond acceptors (Lipinski definition) is 3. The van der Waals surface area contributed by atoms with Gasteiger partial charge in [0.15, 0.2) is 0 Å². The molecule has 0 aliphatic carbocycles. The van der Waals surface area contributed by atoms with E-state index in [2.05, 4.69) is 6.58 Å². The van der Waals surface area contributed by atoms with Gasteiger partial charge >= 0.3 is 29.6 Å². The van der Waals surface area contributed by atoms with Crippen LogP contribution in [0.15, 0.2) is 12.7 Å². The molecule has 6 heteroatoms. The van der Waals surface area contributed by atoms with Crippen LogP contribution < -0.4 is 5.73 Å². The van der Waals surface area contributed by atoms with Crippen molar-refractivity contribution in [1.82, 2.24) is 0 Å². The average molecular weight is 203 g/mol. The Morgan fingerprint density at radius 3 is 2.17 bits per heavy atom. The second kappa shape index (κ2) is 5.36. The van der Waals surface area contributed by atoms with E-state index in [9.17, 15) is 8.42 Å². The third kappa shape index (κ3) is 3.55. The van der Waals surface area contributed by atoms with Crippen LogP contribution in [0, 0.1) is 0 Å². The Kier molecular flexibility index (Phi) is 6.75. The van der Waals surface area contributed by atoms with Crippen molar-refractivity contribution in [3.63, 3.8) is 0 Å². The predicted octanol–water partition coefficient (Wildman–Crippen LogP) is -0.481. The van der Waals surface area contributed by atoms with Gasteiger partial charge in [-0.1, -0.05) is 6.08 Å². The minimum atomic E-state index is -4.07. The van der Waals surface area contributed by atoms with E-state index < -0.39 is 14.9 Å². The molecule has 0 aromatic rings. The fourth-order valence-electron chi connectivity index (χ4n) is 0.599. The van der Waals surface area contributed by atoms with E-state index in [1.165, 1.54) is 13.0 Å². The number of nitrogens with two attached hydrogens (primary N) is 1. The van der Waals surface area contributed by atoms with Crippen LogP contribution in [0.3, 0.4) is 0 Å². The van der Waals surface area contributed by atoms with Crippen molar-refractivity contribution in [2.45, 2.75) is 18.1 Å². The molecular weight excluding hydrogens is 189 g/mol. The first-order valence-corrected chi connectivity index (χ1v) is 4.59. The van der Waals surface area contributed by atoms with E-state index in [0.717, 1.165) is 0 Å². The first-order valence-electron chi connectivity index (χ1n) is 3.15. The molecule has 68 valence electrons. The van der Waals surface area contributed by atoms with Crippen molar-refractivity contribution >= 4 is 39.7 Å². The van der Waals surface area contributed by atoms with Crippen LogP contribution in [0.5, 0.6) is 0 Å². The molecule has 0 aromatic heterocycles. The second-order valence-corrected chi connectivity index (χ2v) is 4.56. The molecule has 0 heterocycles. The SMILES string of the molecule is C=CCC(C)(CN)S(=O)(=O)O.[NaH]. The Morgan fingerprint density at radius 1 is 1.67 bits per heavy atom. The molecule has 12 heavy (non-hydrogen) atoms. The summed E-state index contributed by atoms with van der Waals surface area (Å²) in [6, 6.07) is 0. The number of allylic oxidation sites excluding steroid dienone is 1. The summed E-state index contributed by atoms with van der Waals surface area (Å²) in [5.74, 6) is 0. The predicted molar refractivity (Wildman–Crippen MR) is 51.0 cm³/mol. The summed E-state index contributed by atoms with van der Waals surface area (Å²) in [6.07, 6.45) is 1.57. The maximum atomic E-state index is 10.7. The third-order valence-corrected chi connectivity index (χ3v) is 3.21. The van der Waals surface area contributed by atoms with Crippen molar-refractivity contribution in [2.24, 2.45) is 5.73 Å². The van der Waals surface area contributed by atoms with Crippen LogP contribution in [0.1, 0.15) is 13.3 Å². The van der Waals surface area contributed by atoms with Gasteiger partial charge in [-0.05, 0) is 13.3 Å². The molecule has 3 N–H and O–H groups in total. The van der Waals surface area contributed by atoms with Crippen molar-refractivity contribution in [2.75, 3.05) is 6.54 Å². The van der Waals surface area contributed by atoms with Gasteiger partial charge in [0, 0.05) is 6.54 Å². The summed E-state index contributed by atoms with van der Waals surface area (Å²) in [6.45, 7) is 4.64. The first-order chi connectivity index (χ1) is 4.87. The van der Waals surface area contributed by atoms with Gasteiger partial charge in [-0.25, -0.2) is 0 Å². The van der Waals surface area contributed by atoms with Crippen LogP contribution in [0.25, 0.3) is 0 Å². The average Bonchev–Trinajstić information content (AvgIpc) is 1.86. The molecule has 4 nitrogen and oxygen atoms in total. The molecule has 0 aromatic carbocycles. The molecular formula is C6H14NNaO3S. The van der Waals surface area contributed by atoms with Crippen molar-refractivity contribution < 1.29 is 13.0 Å². The molecule has 0 aliphatic rings. The van der Waals surface area contributed by atoms with Crippen LogP contribution in [-0.4, -0.2) is 53.8 Å². The van der Waals surface area contributed by atoms with E-state index in [-0.39, 0.29) is 42.5 Å². The van der Waals surface area contributed by atoms with Crippen LogP contribution in [0.2, 0.25) is 0 Å². The van der Waals surface area contributed by atoms with E-state index in [1.54, 1.807) is 0 Å². The van der Waals surface area contributed by atoms with Crippen LogP contribution in [0.4, 0.5) is 0 Å². The molecule has 1 atom stereocenters. The quantitative estimate of drug-likeness (QED) is 0.367. The molecule has 0 bridgehead atoms. The van der Waals surface area contributed by atoms with E-state index in [0.29, 0.717) is 0 Å². The van der Waals surface area contributed by atoms with E-state index in [4.69, 9.17) is 10.3 Å². The number of rotatable bonds is 4. The molecule has 0 spiro atoms. The summed E-state index contributed by atoms with van der Waals surface area (Å²) in [5.41, 5.74) is 5.19. The number of hydrogen-bond donors (Lipinski definition) is 2. The molecule has 0 aliphatic heterocycles. The maximum absolute atomic E-state index is 10.7. The standard InChI is InChI=1S/C6H13NO3S.Na.H/c1-3-4-6(2,5-7)11(8,9)10;;/h3H,1,4-5,7H2,2H3,(H,8,9,10);;. The Morgan fingerprint density at radius 2 is 2.08 bits per heavy atom. The summed E-state index contributed by atoms with van der Waals surface area (Å²) in [5, 5.41) is 0. The zero-order chi connectivity index (χ0) is 9.12. The first kappa shape index (κ1) is 15.1. The van der Waals surface area contributed by atoms with Gasteiger partial charge in [0.2, 0.25) is 0 Å². The van der Waals surface area contributed by atoms with Crippen molar-refractivity contribution in [3.8, 4) is 0 Å². The minimum absolute atomic E-state index is 0. The summed E-state index contributed by atoms with van der Waals surface area (Å²) in [7, 11) is -4.07. The summed E-state index contributed by atoms with van der Waals surface area (Å²) in [4.78, 5) is 0. The molecule has 0 saturated heterocycles. The van der Waals surface area contributed by atoms with E-state index >= 15 is 0 Å². The molecule has 1 unspecified atom stereocenters. The third-order valence-electron chi connectivity index (χ3n) is 1.63. The summed E-state index contributed by atoms with van der Waals surface area (Å²) >= 11 is 0. The molecule has 0 rings (SSSR count). The fraction of sp³-hybridized carbons (Fsp3) is 0.667. The molecule has 0 fully saturated rings. The van der Waals surface area contributed by atoms with Gasteiger partial charge in [0.05, 0.1) is 0 Å². The fourth-order valence-corrected chi connectivity index (χ4v) is 1.14. The summed E-state index contributed by atoms with van der Waals surface area (Å²) < 4.78 is 28.8. The van der Waals surface area contributed by atoms with Gasteiger partial charge < -0.3 is 5.73 Å². The van der Waals surface area contributed by atoms with Gasteiger partial charge in [-0.3, -0.25) is 4.55 Å². The van der Waals surface area contributed by atoms with Gasteiger partial charge in [0.25, 0.3) is 10.1 Å². The zero-order valence-electron chi connectivity index (χ0n) is 6.45. The van der Waals surface area contributed by atoms with Gasteiger partial charge in [-0.15, -0.1) is 6.58 Å². The topological polar surface area (TPSA) is 80.4 Å². The van der Waals surface area contributed by atoms with Crippen molar-refractivity contribution in [3.05, 3.63) is 12.7 Å².